The molecular weight excluding hydrogens is 254 g/mol. The first-order valence-corrected chi connectivity index (χ1v) is 6.53. The maximum Gasteiger partial charge on any atom is 0.349 e. The fourth-order valence-corrected chi connectivity index (χ4v) is 2.07. The summed E-state index contributed by atoms with van der Waals surface area (Å²) in [6.07, 6.45) is -0.603. The third-order valence-electron chi connectivity index (χ3n) is 3.12. The lowest BCUT2D eigenvalue weighted by atomic mass is 10.2. The largest absolute Gasteiger partial charge is 0.475 e. The van der Waals surface area contributed by atoms with Crippen LogP contribution in [0.25, 0.3) is 0 Å². The monoisotopic (exact) mass is 269 g/mol. The first kappa shape index (κ1) is 12.5. The standard InChI is InChI=1S/C16H15NO3/c18-16(19-11-12-6-2-1-3-7-12)15-10-17-13-8-4-5-9-14(13)20-15/h1-9,15,17H,10-11H2. The van der Waals surface area contributed by atoms with Gasteiger partial charge in [0, 0.05) is 0 Å². The maximum atomic E-state index is 12.0. The maximum absolute atomic E-state index is 12.0. The minimum absolute atomic E-state index is 0.265. The second-order valence-electron chi connectivity index (χ2n) is 4.58. The highest BCUT2D eigenvalue weighted by atomic mass is 16.6. The topological polar surface area (TPSA) is 47.6 Å². The lowest BCUT2D eigenvalue weighted by Crippen LogP contribution is -2.38. The van der Waals surface area contributed by atoms with E-state index >= 15 is 0 Å². The van der Waals surface area contributed by atoms with Gasteiger partial charge in [0.15, 0.2) is 0 Å². The van der Waals surface area contributed by atoms with E-state index in [4.69, 9.17) is 9.47 Å². The van der Waals surface area contributed by atoms with Crippen LogP contribution in [0.1, 0.15) is 5.56 Å². The van der Waals surface area contributed by atoms with Gasteiger partial charge in [0.25, 0.3) is 0 Å². The van der Waals surface area contributed by atoms with Crippen molar-refractivity contribution in [3.05, 3.63) is 60.2 Å². The van der Waals surface area contributed by atoms with Gasteiger partial charge in [-0.2, -0.15) is 0 Å². The molecule has 0 amide bonds. The van der Waals surface area contributed by atoms with Crippen LogP contribution in [0.5, 0.6) is 5.75 Å². The molecule has 2 aromatic rings. The lowest BCUT2D eigenvalue weighted by molar-refractivity contribution is -0.152. The molecule has 0 radical (unpaired) electrons. The van der Waals surface area contributed by atoms with E-state index in [0.29, 0.717) is 12.3 Å². The van der Waals surface area contributed by atoms with Gasteiger partial charge in [-0.3, -0.25) is 0 Å². The highest BCUT2D eigenvalue weighted by Gasteiger charge is 2.26. The molecule has 1 N–H and O–H groups in total. The summed E-state index contributed by atoms with van der Waals surface area (Å²) in [7, 11) is 0. The molecule has 1 unspecified atom stereocenters. The zero-order chi connectivity index (χ0) is 13.8. The molecule has 4 nitrogen and oxygen atoms in total. The fourth-order valence-electron chi connectivity index (χ4n) is 2.07. The third-order valence-corrected chi connectivity index (χ3v) is 3.12. The normalized spacial score (nSPS) is 16.5. The molecule has 1 atom stereocenters. The number of esters is 1. The SMILES string of the molecule is O=C(OCc1ccccc1)C1CNc2ccccc2O1. The van der Waals surface area contributed by atoms with Gasteiger partial charge >= 0.3 is 5.97 Å². The number of benzene rings is 2. The van der Waals surface area contributed by atoms with Crippen LogP contribution >= 0.6 is 0 Å². The minimum atomic E-state index is -0.603. The van der Waals surface area contributed by atoms with Gasteiger partial charge in [-0.1, -0.05) is 42.5 Å². The molecule has 20 heavy (non-hydrogen) atoms. The first-order chi connectivity index (χ1) is 9.83. The summed E-state index contributed by atoms with van der Waals surface area (Å²) in [5, 5.41) is 3.17. The molecule has 1 aliphatic rings. The summed E-state index contributed by atoms with van der Waals surface area (Å²) in [4.78, 5) is 12.0. The molecule has 0 saturated carbocycles. The molecule has 0 aromatic heterocycles. The number of carbonyl (C=O) groups excluding carboxylic acids is 1. The van der Waals surface area contributed by atoms with Crippen molar-refractivity contribution in [1.82, 2.24) is 0 Å². The molecule has 1 heterocycles. The van der Waals surface area contributed by atoms with Gasteiger partial charge in [-0.25, -0.2) is 4.79 Å². The minimum Gasteiger partial charge on any atom is -0.475 e. The predicted octanol–water partition coefficient (Wildman–Crippen LogP) is 2.60. The van der Waals surface area contributed by atoms with Crippen LogP contribution in [0.2, 0.25) is 0 Å². The van der Waals surface area contributed by atoms with Crippen molar-refractivity contribution in [2.75, 3.05) is 11.9 Å². The van der Waals surface area contributed by atoms with Crippen LogP contribution in [0.15, 0.2) is 54.6 Å². The molecular formula is C16H15NO3. The summed E-state index contributed by atoms with van der Waals surface area (Å²) in [6, 6.07) is 17.1. The molecule has 4 heteroatoms. The number of rotatable bonds is 3. The Labute approximate surface area is 117 Å². The van der Waals surface area contributed by atoms with Crippen molar-refractivity contribution in [3.8, 4) is 5.75 Å². The van der Waals surface area contributed by atoms with Crippen molar-refractivity contribution in [3.63, 3.8) is 0 Å². The molecule has 0 saturated heterocycles. The molecule has 102 valence electrons. The van der Waals surface area contributed by atoms with Gasteiger partial charge in [-0.15, -0.1) is 0 Å². The van der Waals surface area contributed by atoms with E-state index in [1.807, 2.05) is 54.6 Å². The van der Waals surface area contributed by atoms with Crippen molar-refractivity contribution in [2.45, 2.75) is 12.7 Å². The molecule has 1 aliphatic heterocycles. The van der Waals surface area contributed by atoms with E-state index < -0.39 is 6.10 Å². The number of nitrogens with one attached hydrogen (secondary N) is 1. The first-order valence-electron chi connectivity index (χ1n) is 6.53. The number of ether oxygens (including phenoxy) is 2. The third kappa shape index (κ3) is 2.74. The number of carbonyl (C=O) groups is 1. The average molecular weight is 269 g/mol. The predicted molar refractivity (Wildman–Crippen MR) is 75.6 cm³/mol. The summed E-state index contributed by atoms with van der Waals surface area (Å²) >= 11 is 0. The highest BCUT2D eigenvalue weighted by molar-refractivity contribution is 5.77. The van der Waals surface area contributed by atoms with Crippen LogP contribution < -0.4 is 10.1 Å². The Morgan fingerprint density at radius 1 is 1.15 bits per heavy atom. The highest BCUT2D eigenvalue weighted by Crippen LogP contribution is 2.28. The van der Waals surface area contributed by atoms with Gasteiger partial charge in [-0.05, 0) is 17.7 Å². The molecule has 3 rings (SSSR count). The van der Waals surface area contributed by atoms with E-state index in [1.165, 1.54) is 0 Å². The van der Waals surface area contributed by atoms with E-state index in [1.54, 1.807) is 0 Å². The number of hydrogen-bond donors (Lipinski definition) is 1. The zero-order valence-corrected chi connectivity index (χ0v) is 10.9. The Kier molecular flexibility index (Phi) is 3.54. The van der Waals surface area contributed by atoms with E-state index in [0.717, 1.165) is 11.3 Å². The molecule has 2 aromatic carbocycles. The Morgan fingerprint density at radius 2 is 1.90 bits per heavy atom. The van der Waals surface area contributed by atoms with Gasteiger partial charge in [0.2, 0.25) is 6.10 Å². The van der Waals surface area contributed by atoms with Crippen LogP contribution in [0.4, 0.5) is 5.69 Å². The summed E-state index contributed by atoms with van der Waals surface area (Å²) in [5.41, 5.74) is 1.87. The number of para-hydroxylation sites is 2. The van der Waals surface area contributed by atoms with E-state index in [9.17, 15) is 4.79 Å². The second kappa shape index (κ2) is 5.65. The number of hydrogen-bond acceptors (Lipinski definition) is 4. The smallest absolute Gasteiger partial charge is 0.349 e. The Balaban J connectivity index is 1.59. The average Bonchev–Trinajstić information content (AvgIpc) is 2.53. The van der Waals surface area contributed by atoms with Gasteiger partial charge < -0.3 is 14.8 Å². The summed E-state index contributed by atoms with van der Waals surface area (Å²) < 4.78 is 10.9. The molecule has 0 bridgehead atoms. The Morgan fingerprint density at radius 3 is 2.75 bits per heavy atom. The van der Waals surface area contributed by atoms with E-state index in [2.05, 4.69) is 5.32 Å². The lowest BCUT2D eigenvalue weighted by Gasteiger charge is -2.25. The summed E-state index contributed by atoms with van der Waals surface area (Å²) in [5.74, 6) is 0.330. The van der Waals surface area contributed by atoms with Crippen LogP contribution in [-0.2, 0) is 16.1 Å². The number of anilines is 1. The van der Waals surface area contributed by atoms with Crippen LogP contribution in [0.3, 0.4) is 0 Å². The zero-order valence-electron chi connectivity index (χ0n) is 10.9. The van der Waals surface area contributed by atoms with Crippen molar-refractivity contribution in [2.24, 2.45) is 0 Å². The summed E-state index contributed by atoms with van der Waals surface area (Å²) in [6.45, 7) is 0.686. The molecule has 0 spiro atoms. The van der Waals surface area contributed by atoms with Gasteiger partial charge in [0.05, 0.1) is 12.2 Å². The van der Waals surface area contributed by atoms with Crippen LogP contribution in [0, 0.1) is 0 Å². The van der Waals surface area contributed by atoms with Crippen molar-refractivity contribution >= 4 is 11.7 Å². The molecule has 0 aliphatic carbocycles. The Bertz CT molecular complexity index is 598. The van der Waals surface area contributed by atoms with Crippen LogP contribution in [-0.4, -0.2) is 18.6 Å². The second-order valence-corrected chi connectivity index (χ2v) is 4.58. The quantitative estimate of drug-likeness (QED) is 0.870. The van der Waals surface area contributed by atoms with Crippen molar-refractivity contribution in [1.29, 1.82) is 0 Å². The molecule has 0 fully saturated rings. The Hall–Kier alpha value is -2.49. The number of fused-ring (bicyclic) bond motifs is 1. The van der Waals surface area contributed by atoms with Gasteiger partial charge in [0.1, 0.15) is 12.4 Å². The van der Waals surface area contributed by atoms with E-state index in [-0.39, 0.29) is 12.6 Å². The van der Waals surface area contributed by atoms with Crippen molar-refractivity contribution < 1.29 is 14.3 Å². The fraction of sp³-hybridized carbons (Fsp3) is 0.188.